The molecule has 4 aliphatic rings. The monoisotopic (exact) mass is 304 g/mol. The second-order valence-corrected chi connectivity index (χ2v) is 6.93. The van der Waals surface area contributed by atoms with E-state index < -0.39 is 0 Å². The molecule has 0 aromatic carbocycles. The summed E-state index contributed by atoms with van der Waals surface area (Å²) < 4.78 is 0. The number of nitrogens with zero attached hydrogens (tertiary/aromatic N) is 4. The summed E-state index contributed by atoms with van der Waals surface area (Å²) in [6, 6.07) is 0.620. The zero-order valence-corrected chi connectivity index (χ0v) is 12.8. The fourth-order valence-corrected chi connectivity index (χ4v) is 4.47. The van der Waals surface area contributed by atoms with Gasteiger partial charge in [-0.15, -0.1) is 0 Å². The fourth-order valence-electron chi connectivity index (χ4n) is 4.47. The SMILES string of the molecule is O=C(C1CCCCC1)N1C[C@@H]2C[C@H]1CN2C1N=CC=CN1O. The number of allylic oxidation sites excluding steroid dienone is 1. The van der Waals surface area contributed by atoms with Gasteiger partial charge in [-0.3, -0.25) is 19.9 Å². The second kappa shape index (κ2) is 5.66. The molecule has 3 aliphatic heterocycles. The van der Waals surface area contributed by atoms with E-state index in [4.69, 9.17) is 0 Å². The summed E-state index contributed by atoms with van der Waals surface area (Å²) >= 11 is 0. The summed E-state index contributed by atoms with van der Waals surface area (Å²) in [6.07, 6.45) is 11.6. The van der Waals surface area contributed by atoms with Crippen LogP contribution >= 0.6 is 0 Å². The van der Waals surface area contributed by atoms with E-state index in [1.807, 2.05) is 0 Å². The Labute approximate surface area is 131 Å². The number of piperazine rings is 1. The zero-order chi connectivity index (χ0) is 15.1. The van der Waals surface area contributed by atoms with Gasteiger partial charge in [-0.05, 0) is 25.3 Å². The van der Waals surface area contributed by atoms with Gasteiger partial charge in [0.2, 0.25) is 12.2 Å². The first kappa shape index (κ1) is 14.2. The molecule has 2 saturated heterocycles. The Morgan fingerprint density at radius 1 is 1.14 bits per heavy atom. The van der Waals surface area contributed by atoms with Gasteiger partial charge >= 0.3 is 0 Å². The van der Waals surface area contributed by atoms with Crippen LogP contribution in [-0.2, 0) is 4.79 Å². The summed E-state index contributed by atoms with van der Waals surface area (Å²) in [4.78, 5) is 21.4. The number of amides is 1. The number of aliphatic imine (C=N–C) groups is 1. The topological polar surface area (TPSA) is 59.4 Å². The van der Waals surface area contributed by atoms with Gasteiger partial charge in [0.1, 0.15) is 0 Å². The molecule has 6 heteroatoms. The zero-order valence-electron chi connectivity index (χ0n) is 12.8. The number of likely N-dealkylation sites (tertiary alicyclic amines) is 2. The van der Waals surface area contributed by atoms with Crippen molar-refractivity contribution in [2.24, 2.45) is 10.9 Å². The van der Waals surface area contributed by atoms with E-state index in [9.17, 15) is 10.0 Å². The van der Waals surface area contributed by atoms with Crippen LogP contribution < -0.4 is 0 Å². The van der Waals surface area contributed by atoms with Gasteiger partial charge in [0, 0.05) is 43.5 Å². The Balaban J connectivity index is 1.40. The van der Waals surface area contributed by atoms with Crippen LogP contribution in [0.5, 0.6) is 0 Å². The van der Waals surface area contributed by atoms with Crippen molar-refractivity contribution in [3.05, 3.63) is 12.3 Å². The van der Waals surface area contributed by atoms with Crippen LogP contribution in [0.1, 0.15) is 38.5 Å². The molecule has 1 amide bonds. The van der Waals surface area contributed by atoms with E-state index in [1.54, 1.807) is 18.5 Å². The van der Waals surface area contributed by atoms with E-state index in [2.05, 4.69) is 14.8 Å². The number of hydroxylamine groups is 2. The van der Waals surface area contributed by atoms with Gasteiger partial charge in [-0.25, -0.2) is 5.06 Å². The lowest BCUT2D eigenvalue weighted by Crippen LogP contribution is -2.56. The summed E-state index contributed by atoms with van der Waals surface area (Å²) in [6.45, 7) is 1.61. The summed E-state index contributed by atoms with van der Waals surface area (Å²) in [7, 11) is 0. The Morgan fingerprint density at radius 3 is 2.64 bits per heavy atom. The first-order chi connectivity index (χ1) is 10.7. The Bertz CT molecular complexity index is 500. The van der Waals surface area contributed by atoms with Crippen LogP contribution in [0.2, 0.25) is 0 Å². The average Bonchev–Trinajstić information content (AvgIpc) is 3.16. The number of carbonyl (C=O) groups is 1. The second-order valence-electron chi connectivity index (χ2n) is 6.93. The first-order valence-electron chi connectivity index (χ1n) is 8.47. The molecule has 0 aromatic heterocycles. The molecular formula is C16H24N4O2. The molecule has 1 unspecified atom stereocenters. The lowest BCUT2D eigenvalue weighted by atomic mass is 9.88. The lowest BCUT2D eigenvalue weighted by Gasteiger charge is -2.40. The van der Waals surface area contributed by atoms with Gasteiger partial charge in [0.25, 0.3) is 0 Å². The van der Waals surface area contributed by atoms with Gasteiger partial charge in [0.15, 0.2) is 0 Å². The molecular weight excluding hydrogens is 280 g/mol. The number of fused-ring (bicyclic) bond motifs is 2. The number of carbonyl (C=O) groups excluding carboxylic acids is 1. The summed E-state index contributed by atoms with van der Waals surface area (Å²) in [5.74, 6) is 0.631. The first-order valence-corrected chi connectivity index (χ1v) is 8.47. The molecule has 120 valence electrons. The highest BCUT2D eigenvalue weighted by Crippen LogP contribution is 2.36. The van der Waals surface area contributed by atoms with E-state index in [0.717, 1.165) is 37.4 Å². The largest absolute Gasteiger partial charge is 0.337 e. The van der Waals surface area contributed by atoms with Crippen molar-refractivity contribution < 1.29 is 10.0 Å². The van der Waals surface area contributed by atoms with Crippen LogP contribution in [0, 0.1) is 5.92 Å². The predicted molar refractivity (Wildman–Crippen MR) is 82.2 cm³/mol. The number of rotatable bonds is 2. The maximum Gasteiger partial charge on any atom is 0.226 e. The van der Waals surface area contributed by atoms with Gasteiger partial charge in [0.05, 0.1) is 0 Å². The standard InChI is InChI=1S/C16H24N4O2/c21-15(12-5-2-1-3-6-12)18-10-14-9-13(18)11-19(14)16-17-7-4-8-20(16)22/h4,7-8,12-14,16,22H,1-3,5-6,9-11H2/t13-,14-,16?/m0/s1. The van der Waals surface area contributed by atoms with Gasteiger partial charge in [-0.2, -0.15) is 0 Å². The molecule has 3 heterocycles. The molecule has 0 radical (unpaired) electrons. The van der Waals surface area contributed by atoms with Crippen LogP contribution in [0.3, 0.4) is 0 Å². The third-order valence-electron chi connectivity index (χ3n) is 5.60. The minimum atomic E-state index is -0.327. The van der Waals surface area contributed by atoms with E-state index in [1.165, 1.54) is 19.3 Å². The Kier molecular flexibility index (Phi) is 3.66. The van der Waals surface area contributed by atoms with Gasteiger partial charge in [-0.1, -0.05) is 19.3 Å². The highest BCUT2D eigenvalue weighted by molar-refractivity contribution is 5.80. The summed E-state index contributed by atoms with van der Waals surface area (Å²) in [5.41, 5.74) is 0. The Hall–Kier alpha value is -1.40. The molecule has 1 aliphatic carbocycles. The number of hydrogen-bond acceptors (Lipinski definition) is 5. The number of hydrogen-bond donors (Lipinski definition) is 1. The molecule has 6 nitrogen and oxygen atoms in total. The van der Waals surface area contributed by atoms with Crippen LogP contribution in [0.4, 0.5) is 0 Å². The van der Waals surface area contributed by atoms with Crippen LogP contribution in [-0.4, -0.2) is 63.7 Å². The minimum absolute atomic E-state index is 0.256. The van der Waals surface area contributed by atoms with E-state index in [-0.39, 0.29) is 12.2 Å². The molecule has 3 atom stereocenters. The average molecular weight is 304 g/mol. The summed E-state index contributed by atoms with van der Waals surface area (Å²) in [5, 5.41) is 11.1. The molecule has 0 aromatic rings. The maximum atomic E-state index is 12.7. The van der Waals surface area contributed by atoms with Crippen molar-refractivity contribution in [3.8, 4) is 0 Å². The third-order valence-corrected chi connectivity index (χ3v) is 5.60. The normalized spacial score (nSPS) is 35.6. The molecule has 22 heavy (non-hydrogen) atoms. The fraction of sp³-hybridized carbons (Fsp3) is 0.750. The molecule has 0 spiro atoms. The highest BCUT2D eigenvalue weighted by atomic mass is 16.5. The minimum Gasteiger partial charge on any atom is -0.337 e. The highest BCUT2D eigenvalue weighted by Gasteiger charge is 2.49. The van der Waals surface area contributed by atoms with E-state index >= 15 is 0 Å². The quantitative estimate of drug-likeness (QED) is 0.838. The molecule has 2 bridgehead atoms. The van der Waals surface area contributed by atoms with Crippen molar-refractivity contribution in [2.45, 2.75) is 56.9 Å². The third kappa shape index (κ3) is 2.34. The van der Waals surface area contributed by atoms with Crippen molar-refractivity contribution in [2.75, 3.05) is 13.1 Å². The molecule has 3 fully saturated rings. The predicted octanol–water partition coefficient (Wildman–Crippen LogP) is 1.42. The molecule has 1 saturated carbocycles. The molecule has 4 rings (SSSR count). The maximum absolute atomic E-state index is 12.7. The van der Waals surface area contributed by atoms with Crippen molar-refractivity contribution in [3.63, 3.8) is 0 Å². The molecule has 1 N–H and O–H groups in total. The Morgan fingerprint density at radius 2 is 1.95 bits per heavy atom. The lowest BCUT2D eigenvalue weighted by molar-refractivity contribution is -0.149. The van der Waals surface area contributed by atoms with Crippen molar-refractivity contribution >= 4 is 12.1 Å². The van der Waals surface area contributed by atoms with Gasteiger partial charge < -0.3 is 4.90 Å². The van der Waals surface area contributed by atoms with Crippen molar-refractivity contribution in [1.29, 1.82) is 0 Å². The van der Waals surface area contributed by atoms with Crippen molar-refractivity contribution in [1.82, 2.24) is 14.9 Å². The van der Waals surface area contributed by atoms with Crippen LogP contribution in [0.25, 0.3) is 0 Å². The van der Waals surface area contributed by atoms with Crippen LogP contribution in [0.15, 0.2) is 17.3 Å². The van der Waals surface area contributed by atoms with E-state index in [0.29, 0.717) is 18.0 Å². The smallest absolute Gasteiger partial charge is 0.226 e.